The maximum atomic E-state index is 12.1. The number of esters is 2. The summed E-state index contributed by atoms with van der Waals surface area (Å²) in [5.74, 6) is -2.60. The molecule has 0 heterocycles. The van der Waals surface area contributed by atoms with Crippen LogP contribution in [0, 0.1) is 0 Å². The van der Waals surface area contributed by atoms with Crippen molar-refractivity contribution in [1.82, 2.24) is 0 Å². The second-order valence-electron chi connectivity index (χ2n) is 7.84. The number of carbonyl (C=O) groups is 3. The Morgan fingerprint density at radius 3 is 2.15 bits per heavy atom. The molecule has 0 aromatic heterocycles. The molecule has 0 amide bonds. The zero-order valence-electron chi connectivity index (χ0n) is 20.2. The molecule has 0 aliphatic carbocycles. The second kappa shape index (κ2) is 19.5. The lowest BCUT2D eigenvalue weighted by molar-refractivity contribution is -0.160. The molecule has 0 aliphatic heterocycles. The van der Waals surface area contributed by atoms with Gasteiger partial charge in [-0.2, -0.15) is 0 Å². The van der Waals surface area contributed by atoms with Gasteiger partial charge in [0.1, 0.15) is 12.6 Å². The smallest absolute Gasteiger partial charge is 0.472 e. The summed E-state index contributed by atoms with van der Waals surface area (Å²) in [6, 6.07) is -1.51. The van der Waals surface area contributed by atoms with E-state index >= 15 is 0 Å². The van der Waals surface area contributed by atoms with Crippen LogP contribution < -0.4 is 5.73 Å². The summed E-state index contributed by atoms with van der Waals surface area (Å²) in [6.07, 6.45) is 12.7. The van der Waals surface area contributed by atoms with Gasteiger partial charge in [0.15, 0.2) is 6.10 Å². The van der Waals surface area contributed by atoms with Crippen LogP contribution in [0.3, 0.4) is 0 Å². The van der Waals surface area contributed by atoms with E-state index in [1.807, 2.05) is 0 Å². The van der Waals surface area contributed by atoms with Crippen molar-refractivity contribution >= 4 is 25.7 Å². The van der Waals surface area contributed by atoms with E-state index in [-0.39, 0.29) is 13.0 Å². The standard InChI is InChI=1S/C22H40NO10P/c1-3-4-5-6-7-8-9-10-11-12-13-14-21(25)33-19(15-30-18(2)24)16-31-34(28,29)32-17-20(23)22(26)27/h6-7,19-20H,3-5,8-17,23H2,1-2H3,(H,26,27)(H,28,29)/b7-6-. The van der Waals surface area contributed by atoms with Crippen molar-refractivity contribution in [2.24, 2.45) is 5.73 Å². The van der Waals surface area contributed by atoms with Crippen molar-refractivity contribution in [2.45, 2.75) is 90.2 Å². The Hall–Kier alpha value is -1.78. The molecule has 0 aromatic rings. The largest absolute Gasteiger partial charge is 0.480 e. The molecule has 3 unspecified atom stereocenters. The van der Waals surface area contributed by atoms with Crippen molar-refractivity contribution in [2.75, 3.05) is 19.8 Å². The SMILES string of the molecule is CCCC/C=C\CCCCCCCC(=O)OC(COC(C)=O)COP(=O)(O)OCC(N)C(=O)O. The van der Waals surface area contributed by atoms with Crippen LogP contribution in [0.25, 0.3) is 0 Å². The van der Waals surface area contributed by atoms with E-state index in [1.54, 1.807) is 0 Å². The number of aliphatic carboxylic acids is 1. The summed E-state index contributed by atoms with van der Waals surface area (Å²) in [7, 11) is -4.66. The van der Waals surface area contributed by atoms with Gasteiger partial charge in [-0.15, -0.1) is 0 Å². The molecular weight excluding hydrogens is 469 g/mol. The first-order chi connectivity index (χ1) is 16.1. The van der Waals surface area contributed by atoms with Crippen LogP contribution in [0.15, 0.2) is 12.2 Å². The number of hydrogen-bond acceptors (Lipinski definition) is 9. The van der Waals surface area contributed by atoms with E-state index in [1.165, 1.54) is 12.8 Å². The summed E-state index contributed by atoms with van der Waals surface area (Å²) >= 11 is 0. The molecule has 198 valence electrons. The predicted molar refractivity (Wildman–Crippen MR) is 125 cm³/mol. The maximum Gasteiger partial charge on any atom is 0.472 e. The van der Waals surface area contributed by atoms with Crippen LogP contribution in [0.5, 0.6) is 0 Å². The van der Waals surface area contributed by atoms with Crippen molar-refractivity contribution < 1.29 is 47.5 Å². The Labute approximate surface area is 201 Å². The summed E-state index contributed by atoms with van der Waals surface area (Å²) < 4.78 is 31.1. The molecule has 34 heavy (non-hydrogen) atoms. The zero-order valence-corrected chi connectivity index (χ0v) is 21.1. The van der Waals surface area contributed by atoms with Gasteiger partial charge in [0, 0.05) is 13.3 Å². The molecule has 0 fully saturated rings. The van der Waals surface area contributed by atoms with E-state index in [0.717, 1.165) is 45.4 Å². The Morgan fingerprint density at radius 1 is 0.941 bits per heavy atom. The predicted octanol–water partition coefficient (Wildman–Crippen LogP) is 3.48. The quantitative estimate of drug-likeness (QED) is 0.0895. The molecule has 11 nitrogen and oxygen atoms in total. The summed E-state index contributed by atoms with van der Waals surface area (Å²) in [6.45, 7) is 1.60. The lowest BCUT2D eigenvalue weighted by atomic mass is 10.1. The van der Waals surface area contributed by atoms with Crippen LogP contribution >= 0.6 is 7.82 Å². The van der Waals surface area contributed by atoms with Gasteiger partial charge in [0.2, 0.25) is 0 Å². The number of rotatable bonds is 21. The molecule has 0 radical (unpaired) electrons. The molecule has 0 saturated heterocycles. The highest BCUT2D eigenvalue weighted by atomic mass is 31.2. The average molecular weight is 510 g/mol. The van der Waals surface area contributed by atoms with Gasteiger partial charge in [-0.05, 0) is 25.7 Å². The third-order valence-electron chi connectivity index (χ3n) is 4.57. The molecule has 0 aliphatic rings. The fourth-order valence-electron chi connectivity index (χ4n) is 2.65. The van der Waals surface area contributed by atoms with Crippen LogP contribution in [0.2, 0.25) is 0 Å². The van der Waals surface area contributed by atoms with Crippen molar-refractivity contribution in [3.05, 3.63) is 12.2 Å². The van der Waals surface area contributed by atoms with E-state index < -0.39 is 51.1 Å². The summed E-state index contributed by atoms with van der Waals surface area (Å²) in [4.78, 5) is 43.4. The Kier molecular flexibility index (Phi) is 18.5. The number of ether oxygens (including phenoxy) is 2. The van der Waals surface area contributed by atoms with Crippen LogP contribution in [0.1, 0.15) is 78.1 Å². The Bertz CT molecular complexity index is 670. The number of carboxylic acid groups (broad SMARTS) is 1. The van der Waals surface area contributed by atoms with E-state index in [9.17, 15) is 23.8 Å². The highest BCUT2D eigenvalue weighted by Crippen LogP contribution is 2.43. The van der Waals surface area contributed by atoms with Crippen molar-refractivity contribution in [3.8, 4) is 0 Å². The minimum absolute atomic E-state index is 0.147. The number of carbonyl (C=O) groups excluding carboxylic acids is 2. The molecule has 0 saturated carbocycles. The van der Waals surface area contributed by atoms with Gasteiger partial charge >= 0.3 is 25.7 Å². The lowest BCUT2D eigenvalue weighted by Crippen LogP contribution is -2.34. The highest BCUT2D eigenvalue weighted by molar-refractivity contribution is 7.47. The van der Waals surface area contributed by atoms with E-state index in [2.05, 4.69) is 23.6 Å². The number of nitrogens with two attached hydrogens (primary N) is 1. The highest BCUT2D eigenvalue weighted by Gasteiger charge is 2.27. The number of hydrogen-bond donors (Lipinski definition) is 3. The molecule has 0 bridgehead atoms. The fourth-order valence-corrected chi connectivity index (χ4v) is 3.43. The third kappa shape index (κ3) is 19.7. The van der Waals surface area contributed by atoms with Crippen molar-refractivity contribution in [1.29, 1.82) is 0 Å². The number of phosphoric acid groups is 1. The van der Waals surface area contributed by atoms with Gasteiger partial charge < -0.3 is 25.2 Å². The van der Waals surface area contributed by atoms with Crippen LogP contribution in [-0.2, 0) is 37.5 Å². The summed E-state index contributed by atoms with van der Waals surface area (Å²) in [5, 5.41) is 8.67. The summed E-state index contributed by atoms with van der Waals surface area (Å²) in [5.41, 5.74) is 5.20. The molecule has 12 heteroatoms. The third-order valence-corrected chi connectivity index (χ3v) is 5.52. The Morgan fingerprint density at radius 2 is 1.53 bits per heavy atom. The molecule has 0 aromatic carbocycles. The van der Waals surface area contributed by atoms with Gasteiger partial charge in [-0.1, -0.05) is 51.2 Å². The average Bonchev–Trinajstić information content (AvgIpc) is 2.77. The topological polar surface area (TPSA) is 172 Å². The van der Waals surface area contributed by atoms with Gasteiger partial charge in [-0.3, -0.25) is 23.4 Å². The lowest BCUT2D eigenvalue weighted by Gasteiger charge is -2.20. The number of unbranched alkanes of at least 4 members (excludes halogenated alkanes) is 7. The number of phosphoric ester groups is 1. The number of carboxylic acids is 1. The minimum atomic E-state index is -4.66. The van der Waals surface area contributed by atoms with Crippen LogP contribution in [-0.4, -0.2) is 59.9 Å². The van der Waals surface area contributed by atoms with E-state index in [0.29, 0.717) is 6.42 Å². The normalized spacial score (nSPS) is 14.9. The van der Waals surface area contributed by atoms with Gasteiger partial charge in [0.05, 0.1) is 13.2 Å². The van der Waals surface area contributed by atoms with Gasteiger partial charge in [-0.25, -0.2) is 4.57 Å². The first-order valence-corrected chi connectivity index (χ1v) is 13.1. The minimum Gasteiger partial charge on any atom is -0.480 e. The zero-order chi connectivity index (χ0) is 25.8. The molecule has 3 atom stereocenters. The van der Waals surface area contributed by atoms with E-state index in [4.69, 9.17) is 24.8 Å². The maximum absolute atomic E-state index is 12.1. The fraction of sp³-hybridized carbons (Fsp3) is 0.773. The molecule has 0 spiro atoms. The number of allylic oxidation sites excluding steroid dienone is 2. The molecule has 4 N–H and O–H groups in total. The first kappa shape index (κ1) is 32.2. The first-order valence-electron chi connectivity index (χ1n) is 11.7. The molecular formula is C22H40NO10P. The van der Waals surface area contributed by atoms with Crippen molar-refractivity contribution in [3.63, 3.8) is 0 Å². The van der Waals surface area contributed by atoms with Gasteiger partial charge in [0.25, 0.3) is 0 Å². The Balaban J connectivity index is 4.26. The van der Waals surface area contributed by atoms with Crippen LogP contribution in [0.4, 0.5) is 0 Å². The monoisotopic (exact) mass is 509 g/mol. The second-order valence-corrected chi connectivity index (χ2v) is 9.29. The molecule has 0 rings (SSSR count).